The van der Waals surface area contributed by atoms with Gasteiger partial charge in [0.25, 0.3) is 5.91 Å². The van der Waals surface area contributed by atoms with Crippen LogP contribution >= 0.6 is 0 Å². The van der Waals surface area contributed by atoms with Gasteiger partial charge in [-0.05, 0) is 43.6 Å². The lowest BCUT2D eigenvalue weighted by atomic mass is 9.89. The number of carbonyl (C=O) groups is 5. The second kappa shape index (κ2) is 11.9. The number of rotatable bonds is 12. The molecule has 2 aliphatic carbocycles. The molecule has 3 rings (SSSR count). The van der Waals surface area contributed by atoms with Crippen molar-refractivity contribution in [1.29, 1.82) is 0 Å². The third kappa shape index (κ3) is 7.50. The standard InChI is InChI=1S/C26H34N2O6/c1-16(2)20(14-23(30)34-15-17-7-4-3-5-8-17)25(32)28-21(13-18-9-6-10-22(18)29)24(31)26(33)27-19-11-12-19/h3-5,7-8,16,18-21H,6,9-15H2,1-2H3,(H,27,33)(H,28,32)/t18-,20-,21-/m0/s1. The van der Waals surface area contributed by atoms with Crippen molar-refractivity contribution in [2.45, 2.75) is 77.5 Å². The summed E-state index contributed by atoms with van der Waals surface area (Å²) in [5.41, 5.74) is 0.843. The highest BCUT2D eigenvalue weighted by atomic mass is 16.5. The Morgan fingerprint density at radius 1 is 1.06 bits per heavy atom. The van der Waals surface area contributed by atoms with Crippen LogP contribution in [-0.2, 0) is 35.3 Å². The molecule has 34 heavy (non-hydrogen) atoms. The summed E-state index contributed by atoms with van der Waals surface area (Å²) in [4.78, 5) is 63.0. The predicted molar refractivity (Wildman–Crippen MR) is 124 cm³/mol. The number of ether oxygens (including phenoxy) is 1. The van der Waals surface area contributed by atoms with Gasteiger partial charge in [-0.25, -0.2) is 0 Å². The molecule has 2 saturated carbocycles. The van der Waals surface area contributed by atoms with Gasteiger partial charge in [-0.15, -0.1) is 0 Å². The molecule has 0 spiro atoms. The molecular weight excluding hydrogens is 436 g/mol. The summed E-state index contributed by atoms with van der Waals surface area (Å²) >= 11 is 0. The van der Waals surface area contributed by atoms with E-state index in [-0.39, 0.29) is 43.1 Å². The molecule has 0 unspecified atom stereocenters. The number of carbonyl (C=O) groups excluding carboxylic acids is 5. The Labute approximate surface area is 200 Å². The number of nitrogens with one attached hydrogen (secondary N) is 2. The highest BCUT2D eigenvalue weighted by Gasteiger charge is 2.37. The van der Waals surface area contributed by atoms with Crippen molar-refractivity contribution in [3.05, 3.63) is 35.9 Å². The van der Waals surface area contributed by atoms with Gasteiger partial charge in [0, 0.05) is 18.4 Å². The number of hydrogen-bond donors (Lipinski definition) is 2. The lowest BCUT2D eigenvalue weighted by molar-refractivity contribution is -0.149. The molecular formula is C26H34N2O6. The largest absolute Gasteiger partial charge is 0.461 e. The van der Waals surface area contributed by atoms with Gasteiger partial charge in [0.15, 0.2) is 0 Å². The van der Waals surface area contributed by atoms with Crippen LogP contribution < -0.4 is 10.6 Å². The number of hydrogen-bond acceptors (Lipinski definition) is 6. The summed E-state index contributed by atoms with van der Waals surface area (Å²) in [5, 5.41) is 5.35. The maximum atomic E-state index is 13.1. The van der Waals surface area contributed by atoms with Crippen LogP contribution in [0.2, 0.25) is 0 Å². The average Bonchev–Trinajstić information content (AvgIpc) is 3.54. The molecule has 8 heteroatoms. The molecule has 2 amide bonds. The third-order valence-corrected chi connectivity index (χ3v) is 6.49. The molecule has 2 N–H and O–H groups in total. The van der Waals surface area contributed by atoms with Crippen molar-refractivity contribution in [2.75, 3.05) is 0 Å². The van der Waals surface area contributed by atoms with Gasteiger partial charge in [0.2, 0.25) is 11.7 Å². The molecule has 2 aliphatic rings. The fourth-order valence-corrected chi connectivity index (χ4v) is 4.18. The van der Waals surface area contributed by atoms with Crippen LogP contribution in [0.3, 0.4) is 0 Å². The molecule has 0 radical (unpaired) electrons. The minimum atomic E-state index is -1.10. The predicted octanol–water partition coefficient (Wildman–Crippen LogP) is 2.48. The summed E-state index contributed by atoms with van der Waals surface area (Å²) in [6, 6.07) is 8.15. The van der Waals surface area contributed by atoms with Crippen molar-refractivity contribution in [3.63, 3.8) is 0 Å². The SMILES string of the molecule is CC(C)[C@H](CC(=O)OCc1ccccc1)C(=O)N[C@@H](C[C@@H]1CCCC1=O)C(=O)C(=O)NC1CC1. The lowest BCUT2D eigenvalue weighted by Crippen LogP contribution is -2.51. The van der Waals surface area contributed by atoms with Crippen LogP contribution in [0, 0.1) is 17.8 Å². The van der Waals surface area contributed by atoms with Gasteiger partial charge in [-0.2, -0.15) is 0 Å². The molecule has 1 aromatic carbocycles. The van der Waals surface area contributed by atoms with Crippen LogP contribution in [0.1, 0.15) is 64.4 Å². The van der Waals surface area contributed by atoms with Gasteiger partial charge >= 0.3 is 5.97 Å². The van der Waals surface area contributed by atoms with Crippen molar-refractivity contribution in [1.82, 2.24) is 10.6 Å². The second-order valence-electron chi connectivity index (χ2n) is 9.67. The summed E-state index contributed by atoms with van der Waals surface area (Å²) in [6.07, 6.45) is 3.46. The van der Waals surface area contributed by atoms with Gasteiger partial charge in [-0.3, -0.25) is 24.0 Å². The van der Waals surface area contributed by atoms with Gasteiger partial charge in [0.1, 0.15) is 12.4 Å². The van der Waals surface area contributed by atoms with Crippen LogP contribution in [-0.4, -0.2) is 41.4 Å². The molecule has 2 fully saturated rings. The minimum absolute atomic E-state index is 0.00344. The molecule has 1 aromatic rings. The van der Waals surface area contributed by atoms with Crippen molar-refractivity contribution in [3.8, 4) is 0 Å². The fourth-order valence-electron chi connectivity index (χ4n) is 4.18. The van der Waals surface area contributed by atoms with Crippen LogP contribution in [0.5, 0.6) is 0 Å². The zero-order chi connectivity index (χ0) is 24.7. The number of amides is 2. The Morgan fingerprint density at radius 3 is 2.35 bits per heavy atom. The summed E-state index contributed by atoms with van der Waals surface area (Å²) in [7, 11) is 0. The van der Waals surface area contributed by atoms with E-state index < -0.39 is 35.5 Å². The van der Waals surface area contributed by atoms with Crippen LogP contribution in [0.25, 0.3) is 0 Å². The molecule has 0 saturated heterocycles. The average molecular weight is 471 g/mol. The Kier molecular flexibility index (Phi) is 8.96. The first-order valence-corrected chi connectivity index (χ1v) is 12.1. The van der Waals surface area contributed by atoms with Crippen molar-refractivity contribution in [2.24, 2.45) is 17.8 Å². The van der Waals surface area contributed by atoms with Gasteiger partial charge in [0.05, 0.1) is 18.4 Å². The lowest BCUT2D eigenvalue weighted by Gasteiger charge is -2.25. The maximum absolute atomic E-state index is 13.1. The van der Waals surface area contributed by atoms with E-state index in [0.717, 1.165) is 24.8 Å². The van der Waals surface area contributed by atoms with Crippen molar-refractivity contribution >= 4 is 29.4 Å². The summed E-state index contributed by atoms with van der Waals surface area (Å²) < 4.78 is 5.33. The smallest absolute Gasteiger partial charge is 0.306 e. The van der Waals surface area contributed by atoms with Crippen molar-refractivity contribution < 1.29 is 28.7 Å². The fraction of sp³-hybridized carbons (Fsp3) is 0.577. The Hall–Kier alpha value is -3.03. The zero-order valence-electron chi connectivity index (χ0n) is 19.9. The molecule has 0 heterocycles. The van der Waals surface area contributed by atoms with E-state index >= 15 is 0 Å². The minimum Gasteiger partial charge on any atom is -0.461 e. The van der Waals surface area contributed by atoms with E-state index in [1.807, 2.05) is 44.2 Å². The van der Waals surface area contributed by atoms with E-state index in [1.165, 1.54) is 0 Å². The third-order valence-electron chi connectivity index (χ3n) is 6.49. The number of benzene rings is 1. The first-order valence-electron chi connectivity index (χ1n) is 12.1. The molecule has 8 nitrogen and oxygen atoms in total. The van der Waals surface area contributed by atoms with Crippen LogP contribution in [0.15, 0.2) is 30.3 Å². The quantitative estimate of drug-likeness (QED) is 0.358. The summed E-state index contributed by atoms with van der Waals surface area (Å²) in [5.74, 6) is -3.71. The second-order valence-corrected chi connectivity index (χ2v) is 9.67. The monoisotopic (exact) mass is 470 g/mol. The van der Waals surface area contributed by atoms with Gasteiger partial charge in [-0.1, -0.05) is 44.2 Å². The molecule has 0 bridgehead atoms. The highest BCUT2D eigenvalue weighted by Crippen LogP contribution is 2.27. The molecule has 0 aliphatic heterocycles. The first-order chi connectivity index (χ1) is 16.2. The van der Waals surface area contributed by atoms with E-state index in [4.69, 9.17) is 4.74 Å². The first kappa shape index (κ1) is 25.6. The molecule has 0 aromatic heterocycles. The van der Waals surface area contributed by atoms with E-state index in [9.17, 15) is 24.0 Å². The number of esters is 1. The summed E-state index contributed by atoms with van der Waals surface area (Å²) in [6.45, 7) is 3.73. The molecule has 3 atom stereocenters. The molecule has 184 valence electrons. The zero-order valence-corrected chi connectivity index (χ0v) is 19.9. The van der Waals surface area contributed by atoms with Gasteiger partial charge < -0.3 is 15.4 Å². The Bertz CT molecular complexity index is 909. The van der Waals surface area contributed by atoms with Crippen LogP contribution in [0.4, 0.5) is 0 Å². The topological polar surface area (TPSA) is 119 Å². The van der Waals surface area contributed by atoms with E-state index in [0.29, 0.717) is 12.8 Å². The van der Waals surface area contributed by atoms with E-state index in [2.05, 4.69) is 10.6 Å². The maximum Gasteiger partial charge on any atom is 0.306 e. The normalized spacial score (nSPS) is 19.4. The Morgan fingerprint density at radius 2 is 1.76 bits per heavy atom. The highest BCUT2D eigenvalue weighted by molar-refractivity contribution is 6.38. The van der Waals surface area contributed by atoms with E-state index in [1.54, 1.807) is 0 Å². The number of ketones is 2. The Balaban J connectivity index is 1.63. The number of Topliss-reactive ketones (excluding diaryl/α,β-unsaturated/α-hetero) is 2.